The number of anilines is 1. The number of benzene rings is 1. The molecule has 0 unspecified atom stereocenters. The van der Waals surface area contributed by atoms with Gasteiger partial charge >= 0.3 is 0 Å². The molecule has 18 heavy (non-hydrogen) atoms. The Morgan fingerprint density at radius 3 is 2.89 bits per heavy atom. The van der Waals surface area contributed by atoms with Gasteiger partial charge in [0.05, 0.1) is 5.69 Å². The monoisotopic (exact) mass is 240 g/mol. The zero-order valence-electron chi connectivity index (χ0n) is 9.93. The molecule has 1 N–H and O–H groups in total. The maximum Gasteiger partial charge on any atom is 0.263 e. The van der Waals surface area contributed by atoms with Gasteiger partial charge in [0.2, 0.25) is 0 Å². The van der Waals surface area contributed by atoms with Crippen LogP contribution in [0.4, 0.5) is 5.82 Å². The fraction of sp³-hybridized carbons (Fsp3) is 0.143. The maximum atomic E-state index is 11.3. The van der Waals surface area contributed by atoms with Gasteiger partial charge in [-0.1, -0.05) is 24.3 Å². The number of aromatic nitrogens is 1. The second kappa shape index (κ2) is 4.14. The molecule has 0 bridgehead atoms. The van der Waals surface area contributed by atoms with Gasteiger partial charge in [-0.2, -0.15) is 0 Å². The number of nitrogens with one attached hydrogen (secondary N) is 1. The van der Waals surface area contributed by atoms with Gasteiger partial charge in [0.1, 0.15) is 0 Å². The van der Waals surface area contributed by atoms with Crippen LogP contribution in [0.1, 0.15) is 5.56 Å². The Hall–Kier alpha value is -2.36. The lowest BCUT2D eigenvalue weighted by molar-refractivity contribution is -0.118. The highest BCUT2D eigenvalue weighted by Gasteiger charge is 2.17. The summed E-state index contributed by atoms with van der Waals surface area (Å²) in [4.78, 5) is 15.7. The van der Waals surface area contributed by atoms with Gasteiger partial charge in [0, 0.05) is 5.56 Å². The van der Waals surface area contributed by atoms with Crippen LogP contribution in [-0.4, -0.2) is 17.5 Å². The zero-order chi connectivity index (χ0) is 12.5. The number of nitrogens with zero attached hydrogens (tertiary/aromatic N) is 1. The fourth-order valence-electron chi connectivity index (χ4n) is 1.97. The van der Waals surface area contributed by atoms with Gasteiger partial charge in [-0.05, 0) is 24.6 Å². The van der Waals surface area contributed by atoms with E-state index in [2.05, 4.69) is 10.3 Å². The number of aryl methyl sites for hydroxylation is 1. The molecule has 4 heteroatoms. The maximum absolute atomic E-state index is 11.3. The van der Waals surface area contributed by atoms with Gasteiger partial charge in [-0.3, -0.25) is 4.79 Å². The molecule has 0 saturated carbocycles. The van der Waals surface area contributed by atoms with Crippen LogP contribution >= 0.6 is 0 Å². The number of rotatable bonds is 1. The van der Waals surface area contributed by atoms with E-state index in [9.17, 15) is 4.79 Å². The lowest BCUT2D eigenvalue weighted by Crippen LogP contribution is -2.26. The lowest BCUT2D eigenvalue weighted by Gasteiger charge is -2.17. The molecule has 2 heterocycles. The molecule has 1 aromatic heterocycles. The minimum absolute atomic E-state index is 0.0540. The third-order valence-corrected chi connectivity index (χ3v) is 2.90. The number of hydrogen-bond acceptors (Lipinski definition) is 3. The Kier molecular flexibility index (Phi) is 2.48. The molecule has 1 aliphatic heterocycles. The van der Waals surface area contributed by atoms with Crippen molar-refractivity contribution in [2.24, 2.45) is 0 Å². The van der Waals surface area contributed by atoms with Gasteiger partial charge in [-0.25, -0.2) is 4.98 Å². The van der Waals surface area contributed by atoms with Crippen molar-refractivity contribution in [3.8, 4) is 17.0 Å². The van der Waals surface area contributed by atoms with E-state index < -0.39 is 0 Å². The first-order valence-corrected chi connectivity index (χ1v) is 5.74. The number of amides is 1. The predicted molar refractivity (Wildman–Crippen MR) is 68.5 cm³/mol. The summed E-state index contributed by atoms with van der Waals surface area (Å²) < 4.78 is 5.28. The summed E-state index contributed by atoms with van der Waals surface area (Å²) in [5.41, 5.74) is 3.03. The van der Waals surface area contributed by atoms with Crippen LogP contribution in [0, 0.1) is 6.92 Å². The van der Waals surface area contributed by atoms with Crippen molar-refractivity contribution in [3.05, 3.63) is 42.0 Å². The highest BCUT2D eigenvalue weighted by molar-refractivity contribution is 5.94. The van der Waals surface area contributed by atoms with Gasteiger partial charge in [0.15, 0.2) is 18.2 Å². The Morgan fingerprint density at radius 2 is 2.06 bits per heavy atom. The van der Waals surface area contributed by atoms with Crippen LogP contribution in [0.15, 0.2) is 36.4 Å². The number of ether oxygens (including phenoxy) is 1. The molecule has 1 aliphatic rings. The Labute approximate surface area is 105 Å². The summed E-state index contributed by atoms with van der Waals surface area (Å²) in [5.74, 6) is 0.941. The molecule has 0 fully saturated rings. The Balaban J connectivity index is 2.07. The Morgan fingerprint density at radius 1 is 1.22 bits per heavy atom. The van der Waals surface area contributed by atoms with Crippen LogP contribution in [0.5, 0.6) is 5.75 Å². The zero-order valence-corrected chi connectivity index (χ0v) is 9.93. The number of pyridine rings is 1. The smallest absolute Gasteiger partial charge is 0.263 e. The van der Waals surface area contributed by atoms with Crippen molar-refractivity contribution in [2.75, 3.05) is 11.9 Å². The average molecular weight is 240 g/mol. The van der Waals surface area contributed by atoms with Crippen molar-refractivity contribution in [3.63, 3.8) is 0 Å². The summed E-state index contributed by atoms with van der Waals surface area (Å²) >= 11 is 0. The molecule has 0 radical (unpaired) electrons. The molecule has 0 saturated heterocycles. The summed E-state index contributed by atoms with van der Waals surface area (Å²) in [6.07, 6.45) is 0. The molecule has 1 amide bonds. The Bertz CT molecular complexity index is 623. The summed E-state index contributed by atoms with van der Waals surface area (Å²) in [6.45, 7) is 2.09. The van der Waals surface area contributed by atoms with Crippen molar-refractivity contribution >= 4 is 11.7 Å². The molecule has 0 atom stereocenters. The molecular formula is C14H12N2O2. The fourth-order valence-corrected chi connectivity index (χ4v) is 1.97. The quantitative estimate of drug-likeness (QED) is 0.832. The minimum Gasteiger partial charge on any atom is -0.480 e. The third-order valence-electron chi connectivity index (χ3n) is 2.90. The summed E-state index contributed by atoms with van der Waals surface area (Å²) in [6, 6.07) is 11.7. The van der Waals surface area contributed by atoms with E-state index in [0.717, 1.165) is 16.8 Å². The average Bonchev–Trinajstić information content (AvgIpc) is 2.38. The minimum atomic E-state index is -0.170. The van der Waals surface area contributed by atoms with Crippen LogP contribution in [0.3, 0.4) is 0 Å². The van der Waals surface area contributed by atoms with E-state index in [1.807, 2.05) is 43.3 Å². The standard InChI is InChI=1S/C14H12N2O2/c1-9-4-2-3-5-10(9)11-6-7-12-14(15-11)16-13(17)8-18-12/h2-7H,8H2,1H3,(H,15,16,17). The first-order valence-electron chi connectivity index (χ1n) is 5.74. The van der Waals surface area contributed by atoms with E-state index in [1.165, 1.54) is 0 Å². The van der Waals surface area contributed by atoms with Gasteiger partial charge in [-0.15, -0.1) is 0 Å². The van der Waals surface area contributed by atoms with Crippen molar-refractivity contribution in [1.82, 2.24) is 4.98 Å². The van der Waals surface area contributed by atoms with E-state index >= 15 is 0 Å². The van der Waals surface area contributed by atoms with E-state index in [4.69, 9.17) is 4.74 Å². The molecule has 1 aromatic carbocycles. The highest BCUT2D eigenvalue weighted by Crippen LogP contribution is 2.30. The highest BCUT2D eigenvalue weighted by atomic mass is 16.5. The van der Waals surface area contributed by atoms with Crippen molar-refractivity contribution in [1.29, 1.82) is 0 Å². The van der Waals surface area contributed by atoms with Crippen LogP contribution < -0.4 is 10.1 Å². The molecule has 0 aliphatic carbocycles. The van der Waals surface area contributed by atoms with E-state index in [-0.39, 0.29) is 12.5 Å². The SMILES string of the molecule is Cc1ccccc1-c1ccc2c(n1)NC(=O)CO2. The van der Waals surface area contributed by atoms with Crippen molar-refractivity contribution < 1.29 is 9.53 Å². The van der Waals surface area contributed by atoms with E-state index in [0.29, 0.717) is 11.6 Å². The topological polar surface area (TPSA) is 51.2 Å². The van der Waals surface area contributed by atoms with Gasteiger partial charge in [0.25, 0.3) is 5.91 Å². The first-order chi connectivity index (χ1) is 8.74. The van der Waals surface area contributed by atoms with Crippen LogP contribution in [0.2, 0.25) is 0 Å². The van der Waals surface area contributed by atoms with Crippen LogP contribution in [0.25, 0.3) is 11.3 Å². The first kappa shape index (κ1) is 10.8. The molecule has 4 nitrogen and oxygen atoms in total. The molecule has 2 aromatic rings. The number of carbonyl (C=O) groups excluding carboxylic acids is 1. The van der Waals surface area contributed by atoms with Crippen LogP contribution in [-0.2, 0) is 4.79 Å². The molecule has 0 spiro atoms. The number of hydrogen-bond donors (Lipinski definition) is 1. The van der Waals surface area contributed by atoms with Crippen molar-refractivity contribution in [2.45, 2.75) is 6.92 Å². The predicted octanol–water partition coefficient (Wildman–Crippen LogP) is 2.39. The second-order valence-corrected chi connectivity index (χ2v) is 4.20. The number of fused-ring (bicyclic) bond motifs is 1. The number of carbonyl (C=O) groups is 1. The molecule has 3 rings (SSSR count). The lowest BCUT2D eigenvalue weighted by atomic mass is 10.1. The summed E-state index contributed by atoms with van der Waals surface area (Å²) in [7, 11) is 0. The largest absolute Gasteiger partial charge is 0.480 e. The third kappa shape index (κ3) is 1.82. The second-order valence-electron chi connectivity index (χ2n) is 4.20. The normalized spacial score (nSPS) is 13.5. The van der Waals surface area contributed by atoms with E-state index in [1.54, 1.807) is 0 Å². The molecular weight excluding hydrogens is 228 g/mol. The summed E-state index contributed by atoms with van der Waals surface area (Å²) in [5, 5.41) is 2.71. The van der Waals surface area contributed by atoms with Gasteiger partial charge < -0.3 is 10.1 Å². The molecule has 90 valence electrons.